The SMILES string of the molecule is CNC(CN1CCC(C(C)C)C1)c1c(C)cc(C)cc1C. The van der Waals surface area contributed by atoms with Crippen LogP contribution in [-0.4, -0.2) is 31.6 Å². The number of benzene rings is 1. The number of likely N-dealkylation sites (tertiary alicyclic amines) is 1. The number of aryl methyl sites for hydroxylation is 3. The maximum Gasteiger partial charge on any atom is 0.0452 e. The van der Waals surface area contributed by atoms with Gasteiger partial charge in [-0.1, -0.05) is 31.5 Å². The molecule has 2 rings (SSSR count). The van der Waals surface area contributed by atoms with E-state index in [4.69, 9.17) is 0 Å². The van der Waals surface area contributed by atoms with Crippen LogP contribution in [-0.2, 0) is 0 Å². The van der Waals surface area contributed by atoms with Gasteiger partial charge in [0.15, 0.2) is 0 Å². The molecule has 1 aliphatic rings. The topological polar surface area (TPSA) is 15.3 Å². The van der Waals surface area contributed by atoms with Crippen LogP contribution < -0.4 is 5.32 Å². The van der Waals surface area contributed by atoms with E-state index < -0.39 is 0 Å². The van der Waals surface area contributed by atoms with E-state index in [1.165, 1.54) is 41.8 Å². The van der Waals surface area contributed by atoms with Crippen LogP contribution >= 0.6 is 0 Å². The van der Waals surface area contributed by atoms with Gasteiger partial charge in [-0.15, -0.1) is 0 Å². The molecule has 1 heterocycles. The average molecular weight is 288 g/mol. The highest BCUT2D eigenvalue weighted by Gasteiger charge is 2.27. The summed E-state index contributed by atoms with van der Waals surface area (Å²) in [5.74, 6) is 1.69. The highest BCUT2D eigenvalue weighted by Crippen LogP contribution is 2.28. The number of likely N-dealkylation sites (N-methyl/N-ethyl adjacent to an activating group) is 1. The fourth-order valence-corrected chi connectivity index (χ4v) is 3.90. The Labute approximate surface area is 130 Å². The normalized spacial score (nSPS) is 21.2. The van der Waals surface area contributed by atoms with Gasteiger partial charge < -0.3 is 10.2 Å². The summed E-state index contributed by atoms with van der Waals surface area (Å²) in [4.78, 5) is 2.64. The third kappa shape index (κ3) is 3.87. The van der Waals surface area contributed by atoms with Crippen molar-refractivity contribution in [1.82, 2.24) is 10.2 Å². The van der Waals surface area contributed by atoms with Crippen molar-refractivity contribution in [3.05, 3.63) is 34.4 Å². The number of nitrogens with zero attached hydrogens (tertiary/aromatic N) is 1. The number of hydrogen-bond acceptors (Lipinski definition) is 2. The molecular formula is C19H32N2. The van der Waals surface area contributed by atoms with Crippen molar-refractivity contribution in [2.45, 2.75) is 47.1 Å². The Balaban J connectivity index is 2.11. The van der Waals surface area contributed by atoms with Gasteiger partial charge in [-0.25, -0.2) is 0 Å². The lowest BCUT2D eigenvalue weighted by molar-refractivity contribution is 0.274. The van der Waals surface area contributed by atoms with Gasteiger partial charge in [0.05, 0.1) is 0 Å². The Morgan fingerprint density at radius 1 is 1.19 bits per heavy atom. The monoisotopic (exact) mass is 288 g/mol. The summed E-state index contributed by atoms with van der Waals surface area (Å²) < 4.78 is 0. The quantitative estimate of drug-likeness (QED) is 0.885. The third-order valence-corrected chi connectivity index (χ3v) is 5.13. The molecule has 0 bridgehead atoms. The van der Waals surface area contributed by atoms with Crippen molar-refractivity contribution < 1.29 is 0 Å². The lowest BCUT2D eigenvalue weighted by atomic mass is 9.93. The maximum absolute atomic E-state index is 3.55. The molecule has 1 saturated heterocycles. The van der Waals surface area contributed by atoms with Crippen molar-refractivity contribution >= 4 is 0 Å². The molecule has 1 fully saturated rings. The molecule has 1 aliphatic heterocycles. The van der Waals surface area contributed by atoms with E-state index in [0.29, 0.717) is 6.04 Å². The minimum Gasteiger partial charge on any atom is -0.312 e. The molecule has 1 N–H and O–H groups in total. The maximum atomic E-state index is 3.55. The van der Waals surface area contributed by atoms with Gasteiger partial charge in [-0.05, 0) is 69.3 Å². The zero-order valence-corrected chi connectivity index (χ0v) is 14.7. The minimum absolute atomic E-state index is 0.441. The summed E-state index contributed by atoms with van der Waals surface area (Å²) in [5, 5.41) is 3.55. The first-order valence-electron chi connectivity index (χ1n) is 8.39. The average Bonchev–Trinajstić information content (AvgIpc) is 2.85. The largest absolute Gasteiger partial charge is 0.312 e. The summed E-state index contributed by atoms with van der Waals surface area (Å²) in [6, 6.07) is 5.07. The molecule has 2 unspecified atom stereocenters. The van der Waals surface area contributed by atoms with E-state index in [-0.39, 0.29) is 0 Å². The van der Waals surface area contributed by atoms with Crippen LogP contribution in [0.15, 0.2) is 12.1 Å². The van der Waals surface area contributed by atoms with Crippen molar-refractivity contribution in [2.24, 2.45) is 11.8 Å². The fourth-order valence-electron chi connectivity index (χ4n) is 3.90. The van der Waals surface area contributed by atoms with Gasteiger partial charge in [-0.2, -0.15) is 0 Å². The second-order valence-corrected chi connectivity index (χ2v) is 7.21. The van der Waals surface area contributed by atoms with Crippen molar-refractivity contribution in [1.29, 1.82) is 0 Å². The molecule has 0 spiro atoms. The summed E-state index contributed by atoms with van der Waals surface area (Å²) in [5.41, 5.74) is 5.71. The first kappa shape index (κ1) is 16.5. The van der Waals surface area contributed by atoms with Gasteiger partial charge in [0.2, 0.25) is 0 Å². The number of nitrogens with one attached hydrogen (secondary N) is 1. The van der Waals surface area contributed by atoms with Crippen LogP contribution in [0.2, 0.25) is 0 Å². The molecule has 0 amide bonds. The smallest absolute Gasteiger partial charge is 0.0452 e. The minimum atomic E-state index is 0.441. The first-order valence-corrected chi connectivity index (χ1v) is 8.39. The molecule has 2 heteroatoms. The van der Waals surface area contributed by atoms with Gasteiger partial charge in [0, 0.05) is 19.1 Å². The van der Waals surface area contributed by atoms with Crippen LogP contribution in [0, 0.1) is 32.6 Å². The highest BCUT2D eigenvalue weighted by atomic mass is 15.2. The van der Waals surface area contributed by atoms with Gasteiger partial charge in [0.1, 0.15) is 0 Å². The third-order valence-electron chi connectivity index (χ3n) is 5.13. The van der Waals surface area contributed by atoms with E-state index in [9.17, 15) is 0 Å². The Bertz CT molecular complexity index is 455. The molecule has 2 atom stereocenters. The number of hydrogen-bond donors (Lipinski definition) is 1. The van der Waals surface area contributed by atoms with Crippen LogP contribution in [0.4, 0.5) is 0 Å². The molecule has 21 heavy (non-hydrogen) atoms. The van der Waals surface area contributed by atoms with E-state index in [2.05, 4.69) is 64.0 Å². The fraction of sp³-hybridized carbons (Fsp3) is 0.684. The molecular weight excluding hydrogens is 256 g/mol. The van der Waals surface area contributed by atoms with E-state index in [1.54, 1.807) is 0 Å². The molecule has 0 saturated carbocycles. The van der Waals surface area contributed by atoms with Crippen molar-refractivity contribution in [2.75, 3.05) is 26.7 Å². The Hall–Kier alpha value is -0.860. The highest BCUT2D eigenvalue weighted by molar-refractivity contribution is 5.39. The summed E-state index contributed by atoms with van der Waals surface area (Å²) in [6.07, 6.45) is 1.36. The van der Waals surface area contributed by atoms with Gasteiger partial charge >= 0.3 is 0 Å². The van der Waals surface area contributed by atoms with Crippen molar-refractivity contribution in [3.8, 4) is 0 Å². The molecule has 1 aromatic rings. The van der Waals surface area contributed by atoms with Crippen LogP contribution in [0.25, 0.3) is 0 Å². The second-order valence-electron chi connectivity index (χ2n) is 7.21. The molecule has 2 nitrogen and oxygen atoms in total. The molecule has 118 valence electrons. The van der Waals surface area contributed by atoms with E-state index in [1.807, 2.05) is 0 Å². The Kier molecular flexibility index (Phi) is 5.45. The van der Waals surface area contributed by atoms with Crippen molar-refractivity contribution in [3.63, 3.8) is 0 Å². The summed E-state index contributed by atoms with van der Waals surface area (Å²) in [7, 11) is 2.10. The molecule has 0 aromatic heterocycles. The molecule has 0 radical (unpaired) electrons. The second kappa shape index (κ2) is 6.93. The van der Waals surface area contributed by atoms with Crippen LogP contribution in [0.1, 0.15) is 48.6 Å². The van der Waals surface area contributed by atoms with Crippen LogP contribution in [0.3, 0.4) is 0 Å². The van der Waals surface area contributed by atoms with Crippen LogP contribution in [0.5, 0.6) is 0 Å². The van der Waals surface area contributed by atoms with E-state index in [0.717, 1.165) is 18.4 Å². The number of rotatable bonds is 5. The summed E-state index contributed by atoms with van der Waals surface area (Å²) in [6.45, 7) is 15.1. The van der Waals surface area contributed by atoms with Gasteiger partial charge in [0.25, 0.3) is 0 Å². The Morgan fingerprint density at radius 2 is 1.81 bits per heavy atom. The summed E-state index contributed by atoms with van der Waals surface area (Å²) >= 11 is 0. The Morgan fingerprint density at radius 3 is 2.29 bits per heavy atom. The lowest BCUT2D eigenvalue weighted by Gasteiger charge is -2.27. The van der Waals surface area contributed by atoms with E-state index >= 15 is 0 Å². The predicted octanol–water partition coefficient (Wildman–Crippen LogP) is 3.85. The lowest BCUT2D eigenvalue weighted by Crippen LogP contribution is -2.33. The zero-order chi connectivity index (χ0) is 15.6. The first-order chi connectivity index (χ1) is 9.92. The zero-order valence-electron chi connectivity index (χ0n) is 14.7. The predicted molar refractivity (Wildman–Crippen MR) is 91.8 cm³/mol. The standard InChI is InChI=1S/C19H32N2/c1-13(2)17-7-8-21(11-17)12-18(20-6)19-15(4)9-14(3)10-16(19)5/h9-10,13,17-18,20H,7-8,11-12H2,1-6H3. The molecule has 1 aromatic carbocycles. The van der Waals surface area contributed by atoms with Gasteiger partial charge in [-0.3, -0.25) is 0 Å². The molecule has 0 aliphatic carbocycles.